The molecular formula is C45H75N13O5. The normalized spacial score (nSPS) is 11.7. The van der Waals surface area contributed by atoms with Gasteiger partial charge in [0, 0.05) is 74.0 Å². The number of nitrogens with zero attached hydrogens (tertiary/aromatic N) is 13. The highest BCUT2D eigenvalue weighted by Crippen LogP contribution is 2.17. The Balaban J connectivity index is 0.000000368. The van der Waals surface area contributed by atoms with E-state index in [0.29, 0.717) is 47.9 Å². The zero-order valence-corrected chi connectivity index (χ0v) is 41.0. The van der Waals surface area contributed by atoms with Gasteiger partial charge in [-0.25, -0.2) is 20.0 Å². The maximum atomic E-state index is 10.8. The number of aryl methyl sites for hydroxylation is 4. The molecule has 1 amide bonds. The average molecular weight is 878 g/mol. The molecule has 7 heterocycles. The topological polar surface area (TPSA) is 210 Å². The fourth-order valence-electron chi connectivity index (χ4n) is 5.11. The minimum Gasteiger partial charge on any atom is -0.449 e. The number of carbonyl (C=O) groups is 1. The molecule has 7 rings (SSSR count). The van der Waals surface area contributed by atoms with Gasteiger partial charge in [-0.3, -0.25) is 14.2 Å². The molecule has 6 aromatic heterocycles. The number of imidazole rings is 1. The van der Waals surface area contributed by atoms with Crippen LogP contribution in [0.25, 0.3) is 0 Å². The molecule has 18 heteroatoms. The van der Waals surface area contributed by atoms with E-state index in [9.17, 15) is 4.79 Å². The second-order valence-electron chi connectivity index (χ2n) is 16.8. The zero-order chi connectivity index (χ0) is 47.8. The van der Waals surface area contributed by atoms with Gasteiger partial charge in [-0.05, 0) is 53.5 Å². The lowest BCUT2D eigenvalue weighted by atomic mass is 10.1. The Bertz CT molecular complexity index is 2000. The molecule has 0 aliphatic carbocycles. The fourth-order valence-corrected chi connectivity index (χ4v) is 5.11. The monoisotopic (exact) mass is 878 g/mol. The van der Waals surface area contributed by atoms with Gasteiger partial charge in [-0.2, -0.15) is 15.3 Å². The predicted molar refractivity (Wildman–Crippen MR) is 245 cm³/mol. The number of aromatic nitrogens is 11. The molecule has 0 radical (unpaired) electrons. The van der Waals surface area contributed by atoms with Gasteiger partial charge < -0.3 is 23.0 Å². The third-order valence-electron chi connectivity index (χ3n) is 8.38. The van der Waals surface area contributed by atoms with Crippen molar-refractivity contribution in [2.24, 2.45) is 19.2 Å². The summed E-state index contributed by atoms with van der Waals surface area (Å²) in [5.74, 6) is 5.73. The molecule has 18 nitrogen and oxygen atoms in total. The van der Waals surface area contributed by atoms with Crippen molar-refractivity contribution in [3.8, 4) is 0 Å². The van der Waals surface area contributed by atoms with Crippen LogP contribution in [-0.4, -0.2) is 82.7 Å². The Morgan fingerprint density at radius 1 is 0.778 bits per heavy atom. The number of amides is 1. The Kier molecular flexibility index (Phi) is 25.2. The third-order valence-corrected chi connectivity index (χ3v) is 8.38. The summed E-state index contributed by atoms with van der Waals surface area (Å²) in [7, 11) is 3.91. The Labute approximate surface area is 374 Å². The van der Waals surface area contributed by atoms with Crippen LogP contribution in [-0.2, 0) is 25.5 Å². The number of carbonyl (C=O) groups excluding carboxylic acids is 1. The van der Waals surface area contributed by atoms with Gasteiger partial charge in [0.25, 0.3) is 0 Å². The van der Waals surface area contributed by atoms with Crippen LogP contribution in [0.4, 0.5) is 0 Å². The zero-order valence-electron chi connectivity index (χ0n) is 41.0. The molecule has 1 aliphatic rings. The Morgan fingerprint density at radius 3 is 1.70 bits per heavy atom. The SMILES string of the molecule is CC(C)N1N=CCC1=O.CC(C)c1ncco1.CC(C)c1ncn(C)n1.CC(C)c1nnco1.CC(C)c1nocc1CO.Cc1ccn(C(C)C)n1.Cc1cn(C)c(C(C)C)n1. The van der Waals surface area contributed by atoms with Gasteiger partial charge in [0.05, 0.1) is 36.3 Å². The quantitative estimate of drug-likeness (QED) is 0.151. The summed E-state index contributed by atoms with van der Waals surface area (Å²) >= 11 is 0. The highest BCUT2D eigenvalue weighted by Gasteiger charge is 2.18. The Hall–Kier alpha value is -5.78. The molecule has 0 spiro atoms. The van der Waals surface area contributed by atoms with Crippen molar-refractivity contribution in [1.82, 2.24) is 59.4 Å². The van der Waals surface area contributed by atoms with Crippen molar-refractivity contribution < 1.29 is 23.3 Å². The van der Waals surface area contributed by atoms with E-state index >= 15 is 0 Å². The number of oxazole rings is 1. The summed E-state index contributed by atoms with van der Waals surface area (Å²) in [5, 5.41) is 33.5. The van der Waals surface area contributed by atoms with E-state index in [4.69, 9.17) is 13.9 Å². The number of rotatable bonds is 8. The summed E-state index contributed by atoms with van der Waals surface area (Å²) in [6.45, 7) is 32.8. The van der Waals surface area contributed by atoms with Gasteiger partial charge in [-0.1, -0.05) is 74.4 Å². The van der Waals surface area contributed by atoms with Crippen molar-refractivity contribution in [2.75, 3.05) is 0 Å². The molecule has 0 bridgehead atoms. The predicted octanol–water partition coefficient (Wildman–Crippen LogP) is 9.46. The summed E-state index contributed by atoms with van der Waals surface area (Å²) in [5.41, 5.74) is 3.83. The molecule has 0 saturated carbocycles. The smallest absolute Gasteiger partial charge is 0.248 e. The van der Waals surface area contributed by atoms with Crippen molar-refractivity contribution in [3.05, 3.63) is 96.0 Å². The molecule has 1 aliphatic heterocycles. The lowest BCUT2D eigenvalue weighted by Gasteiger charge is -2.15. The van der Waals surface area contributed by atoms with Crippen LogP contribution in [0, 0.1) is 13.8 Å². The van der Waals surface area contributed by atoms with Crippen LogP contribution in [0.15, 0.2) is 68.4 Å². The lowest BCUT2D eigenvalue weighted by Crippen LogP contribution is -2.27. The van der Waals surface area contributed by atoms with Crippen molar-refractivity contribution in [2.45, 2.75) is 165 Å². The van der Waals surface area contributed by atoms with Gasteiger partial charge in [0.1, 0.15) is 24.7 Å². The summed E-state index contributed by atoms with van der Waals surface area (Å²) in [6, 6.07) is 2.70. The maximum absolute atomic E-state index is 10.8. The van der Waals surface area contributed by atoms with Crippen LogP contribution < -0.4 is 0 Å². The van der Waals surface area contributed by atoms with E-state index < -0.39 is 0 Å². The standard InChI is InChI=1S/C8H14N2.C7H12N2.C7H11NO2.C6H11N3.C6H10N2O.C6H9NO.C5H8N2O/c1-6(2)8-9-7(3)5-10(8)4;1-6(2)9-5-4-7(3)8-9;1-5(2)7-6(3-9)4-10-8-7;1-5(2)6-7-4-9(3)8-6;1-5(2)8-6(9)3-4-7-8;1-5(2)6-7-3-4-8-6;1-4(2)5-7-6-3-8-5/h5-6H,1-4H3;4-6H,1-3H3;4-5,9H,3H2,1-2H3;4-5H,1-3H3;4-5H,3H2,1-2H3;3-5H,1-2H3;3-4H,1-2H3. The summed E-state index contributed by atoms with van der Waals surface area (Å²) < 4.78 is 20.3. The van der Waals surface area contributed by atoms with E-state index in [1.54, 1.807) is 29.7 Å². The molecule has 350 valence electrons. The first-order chi connectivity index (χ1) is 29.6. The van der Waals surface area contributed by atoms with Gasteiger partial charge >= 0.3 is 0 Å². The van der Waals surface area contributed by atoms with Crippen molar-refractivity contribution >= 4 is 12.1 Å². The van der Waals surface area contributed by atoms with E-state index in [1.807, 2.05) is 100 Å². The molecule has 63 heavy (non-hydrogen) atoms. The second kappa shape index (κ2) is 28.7. The highest BCUT2D eigenvalue weighted by molar-refractivity contribution is 5.93. The third kappa shape index (κ3) is 21.2. The van der Waals surface area contributed by atoms with Crippen LogP contribution in [0.3, 0.4) is 0 Å². The molecule has 0 atom stereocenters. The number of aliphatic hydroxyl groups is 1. The van der Waals surface area contributed by atoms with Crippen LogP contribution in [0.1, 0.15) is 185 Å². The number of hydrogen-bond donors (Lipinski definition) is 1. The summed E-state index contributed by atoms with van der Waals surface area (Å²) in [4.78, 5) is 23.2. The van der Waals surface area contributed by atoms with Crippen LogP contribution in [0.2, 0.25) is 0 Å². The van der Waals surface area contributed by atoms with Crippen LogP contribution in [0.5, 0.6) is 0 Å². The van der Waals surface area contributed by atoms with E-state index in [-0.39, 0.29) is 18.6 Å². The minimum atomic E-state index is 0.0109. The molecule has 0 unspecified atom stereocenters. The minimum absolute atomic E-state index is 0.0109. The van der Waals surface area contributed by atoms with Gasteiger partial charge in [0.15, 0.2) is 11.7 Å². The van der Waals surface area contributed by atoms with Crippen molar-refractivity contribution in [3.63, 3.8) is 0 Å². The molecule has 0 aromatic carbocycles. The maximum Gasteiger partial charge on any atom is 0.248 e. The summed E-state index contributed by atoms with van der Waals surface area (Å²) in [6.07, 6.45) is 14.0. The number of aliphatic hydroxyl groups excluding tert-OH is 1. The second-order valence-corrected chi connectivity index (χ2v) is 16.8. The molecule has 1 N–H and O–H groups in total. The number of hydrogen-bond acceptors (Lipinski definition) is 14. The fraction of sp³-hybridized carbons (Fsp3) is 0.600. The van der Waals surface area contributed by atoms with Gasteiger partial charge in [0.2, 0.25) is 18.2 Å². The van der Waals surface area contributed by atoms with Gasteiger partial charge in [-0.15, -0.1) is 10.2 Å². The van der Waals surface area contributed by atoms with Crippen molar-refractivity contribution in [1.29, 1.82) is 0 Å². The first kappa shape index (κ1) is 55.2. The average Bonchev–Trinajstić information content (AvgIpc) is 4.07. The largest absolute Gasteiger partial charge is 0.449 e. The molecular weight excluding hydrogens is 803 g/mol. The first-order valence-electron chi connectivity index (χ1n) is 21.5. The first-order valence-corrected chi connectivity index (χ1v) is 21.5. The van der Waals surface area contributed by atoms with E-state index in [1.165, 1.54) is 17.7 Å². The van der Waals surface area contributed by atoms with E-state index in [0.717, 1.165) is 40.2 Å². The number of hydrazone groups is 1. The highest BCUT2D eigenvalue weighted by atomic mass is 16.5. The lowest BCUT2D eigenvalue weighted by molar-refractivity contribution is -0.130. The van der Waals surface area contributed by atoms with Crippen LogP contribution >= 0.6 is 0 Å². The molecule has 0 fully saturated rings. The molecule has 0 saturated heterocycles. The van der Waals surface area contributed by atoms with E-state index in [2.05, 4.69) is 102 Å². The molecule has 6 aromatic rings. The Morgan fingerprint density at radius 2 is 1.44 bits per heavy atom.